The van der Waals surface area contributed by atoms with Crippen LogP contribution in [-0.4, -0.2) is 59.9 Å². The molecule has 0 aromatic heterocycles. The third-order valence-electron chi connectivity index (χ3n) is 8.70. The van der Waals surface area contributed by atoms with Crippen LogP contribution in [0.2, 0.25) is 0 Å². The summed E-state index contributed by atoms with van der Waals surface area (Å²) in [5.41, 5.74) is 5.32. The Bertz CT molecular complexity index is 989. The second kappa shape index (κ2) is 36.0. The molecule has 0 fully saturated rings. The molecule has 0 amide bonds. The highest BCUT2D eigenvalue weighted by molar-refractivity contribution is 7.47. The maximum absolute atomic E-state index is 12.6. The van der Waals surface area contributed by atoms with Crippen LogP contribution in [-0.2, 0) is 37.5 Å². The summed E-state index contributed by atoms with van der Waals surface area (Å²) < 4.78 is 32.6. The van der Waals surface area contributed by atoms with Gasteiger partial charge in [-0.05, 0) is 44.9 Å². The summed E-state index contributed by atoms with van der Waals surface area (Å²) in [6, 6.07) is -1.52. The lowest BCUT2D eigenvalue weighted by Gasteiger charge is -2.20. The normalized spacial score (nSPS) is 14.1. The molecule has 0 saturated carbocycles. The molecular weight excluding hydrogens is 685 g/mol. The monoisotopic (exact) mass is 760 g/mol. The third-order valence-corrected chi connectivity index (χ3v) is 9.65. The SMILES string of the molecule is CCCCC/C=C/C/C=C/CCCCCCCC(=O)OC[C@H](COP(=O)(O)OC[C@H](N)C(=O)O)OC(=O)CCCCCCCCCCCCCCC. The minimum atomic E-state index is -4.71. The molecule has 304 valence electrons. The van der Waals surface area contributed by atoms with Crippen LogP contribution in [0.25, 0.3) is 0 Å². The highest BCUT2D eigenvalue weighted by Gasteiger charge is 2.28. The van der Waals surface area contributed by atoms with Gasteiger partial charge in [-0.1, -0.05) is 147 Å². The number of aliphatic carboxylic acids is 1. The van der Waals surface area contributed by atoms with E-state index in [-0.39, 0.29) is 19.4 Å². The number of nitrogens with two attached hydrogens (primary N) is 1. The van der Waals surface area contributed by atoms with Crippen molar-refractivity contribution in [3.8, 4) is 0 Å². The number of unbranched alkanes of at least 4 members (excludes halogenated alkanes) is 20. The van der Waals surface area contributed by atoms with Crippen molar-refractivity contribution in [1.29, 1.82) is 0 Å². The Kier molecular flexibility index (Phi) is 34.6. The molecule has 0 aliphatic rings. The molecule has 0 saturated heterocycles. The van der Waals surface area contributed by atoms with E-state index in [2.05, 4.69) is 42.7 Å². The van der Waals surface area contributed by atoms with E-state index in [0.717, 1.165) is 64.2 Å². The minimum Gasteiger partial charge on any atom is -0.480 e. The van der Waals surface area contributed by atoms with Gasteiger partial charge in [0, 0.05) is 12.8 Å². The van der Waals surface area contributed by atoms with Crippen LogP contribution >= 0.6 is 7.82 Å². The fraction of sp³-hybridized carbons (Fsp3) is 0.825. The van der Waals surface area contributed by atoms with Gasteiger partial charge in [-0.25, -0.2) is 4.57 Å². The maximum Gasteiger partial charge on any atom is 0.472 e. The van der Waals surface area contributed by atoms with E-state index >= 15 is 0 Å². The summed E-state index contributed by atoms with van der Waals surface area (Å²) in [5.74, 6) is -2.39. The molecule has 0 aliphatic heterocycles. The number of phosphoric ester groups is 1. The first kappa shape index (κ1) is 50.0. The number of carboxylic acids is 1. The molecule has 0 aromatic carbocycles. The number of hydrogen-bond donors (Lipinski definition) is 3. The van der Waals surface area contributed by atoms with Crippen molar-refractivity contribution in [3.05, 3.63) is 24.3 Å². The second-order valence-corrected chi connectivity index (χ2v) is 15.2. The van der Waals surface area contributed by atoms with Gasteiger partial charge in [-0.2, -0.15) is 0 Å². The Morgan fingerprint density at radius 1 is 0.596 bits per heavy atom. The van der Waals surface area contributed by atoms with Gasteiger partial charge in [0.05, 0.1) is 13.2 Å². The zero-order valence-electron chi connectivity index (χ0n) is 32.7. The molecular formula is C40H74NO10P. The predicted octanol–water partition coefficient (Wildman–Crippen LogP) is 10.3. The van der Waals surface area contributed by atoms with Gasteiger partial charge in [-0.3, -0.25) is 23.4 Å². The summed E-state index contributed by atoms with van der Waals surface area (Å²) in [6.45, 7) is 2.76. The lowest BCUT2D eigenvalue weighted by atomic mass is 10.0. The van der Waals surface area contributed by atoms with Crippen molar-refractivity contribution in [2.24, 2.45) is 5.73 Å². The zero-order chi connectivity index (χ0) is 38.5. The summed E-state index contributed by atoms with van der Waals surface area (Å²) in [4.78, 5) is 45.8. The molecule has 1 unspecified atom stereocenters. The Morgan fingerprint density at radius 3 is 1.54 bits per heavy atom. The van der Waals surface area contributed by atoms with Crippen molar-refractivity contribution in [2.75, 3.05) is 19.8 Å². The number of esters is 2. The van der Waals surface area contributed by atoms with E-state index in [9.17, 15) is 23.8 Å². The number of carbonyl (C=O) groups excluding carboxylic acids is 2. The van der Waals surface area contributed by atoms with E-state index in [1.807, 2.05) is 0 Å². The van der Waals surface area contributed by atoms with E-state index in [1.54, 1.807) is 0 Å². The van der Waals surface area contributed by atoms with Crippen LogP contribution in [0.4, 0.5) is 0 Å². The molecule has 0 bridgehead atoms. The topological polar surface area (TPSA) is 172 Å². The number of ether oxygens (including phenoxy) is 2. The molecule has 52 heavy (non-hydrogen) atoms. The van der Waals surface area contributed by atoms with E-state index < -0.39 is 51.1 Å². The van der Waals surface area contributed by atoms with Crippen LogP contribution in [0.1, 0.15) is 181 Å². The quantitative estimate of drug-likeness (QED) is 0.0237. The van der Waals surface area contributed by atoms with Crippen molar-refractivity contribution >= 4 is 25.7 Å². The fourth-order valence-corrected chi connectivity index (χ4v) is 6.23. The Morgan fingerprint density at radius 2 is 1.02 bits per heavy atom. The molecule has 0 spiro atoms. The number of allylic oxidation sites excluding steroid dienone is 4. The van der Waals surface area contributed by atoms with Crippen LogP contribution in [0.15, 0.2) is 24.3 Å². The first-order valence-electron chi connectivity index (χ1n) is 20.4. The number of hydrogen-bond acceptors (Lipinski definition) is 9. The second-order valence-electron chi connectivity index (χ2n) is 13.8. The van der Waals surface area contributed by atoms with Crippen molar-refractivity contribution in [2.45, 2.75) is 193 Å². The smallest absolute Gasteiger partial charge is 0.472 e. The van der Waals surface area contributed by atoms with Crippen LogP contribution in [0.3, 0.4) is 0 Å². The highest BCUT2D eigenvalue weighted by Crippen LogP contribution is 2.43. The molecule has 0 heterocycles. The van der Waals surface area contributed by atoms with Crippen LogP contribution in [0, 0.1) is 0 Å². The zero-order valence-corrected chi connectivity index (χ0v) is 33.5. The Labute approximate surface area is 315 Å². The van der Waals surface area contributed by atoms with Crippen molar-refractivity contribution < 1.29 is 47.5 Å². The summed E-state index contributed by atoms with van der Waals surface area (Å²) in [5, 5.41) is 8.87. The number of rotatable bonds is 38. The van der Waals surface area contributed by atoms with Gasteiger partial charge in [0.25, 0.3) is 0 Å². The Hall–Kier alpha value is -2.04. The number of carboxylic acid groups (broad SMARTS) is 1. The number of phosphoric acid groups is 1. The molecule has 3 atom stereocenters. The molecule has 11 nitrogen and oxygen atoms in total. The predicted molar refractivity (Wildman–Crippen MR) is 208 cm³/mol. The maximum atomic E-state index is 12.6. The number of carbonyl (C=O) groups is 3. The summed E-state index contributed by atoms with van der Waals surface area (Å²) in [7, 11) is -4.71. The molecule has 4 N–H and O–H groups in total. The first-order valence-corrected chi connectivity index (χ1v) is 21.9. The van der Waals surface area contributed by atoms with E-state index in [1.165, 1.54) is 77.0 Å². The average molecular weight is 760 g/mol. The molecule has 0 rings (SSSR count). The van der Waals surface area contributed by atoms with E-state index in [4.69, 9.17) is 24.8 Å². The van der Waals surface area contributed by atoms with Gasteiger partial charge in [0.1, 0.15) is 12.6 Å². The van der Waals surface area contributed by atoms with Gasteiger partial charge >= 0.3 is 25.7 Å². The van der Waals surface area contributed by atoms with Gasteiger partial charge in [-0.15, -0.1) is 0 Å². The van der Waals surface area contributed by atoms with Gasteiger partial charge < -0.3 is 25.2 Å². The van der Waals surface area contributed by atoms with Gasteiger partial charge in [0.2, 0.25) is 0 Å². The van der Waals surface area contributed by atoms with Crippen LogP contribution in [0.5, 0.6) is 0 Å². The molecule has 0 aromatic rings. The molecule has 12 heteroatoms. The van der Waals surface area contributed by atoms with Gasteiger partial charge in [0.15, 0.2) is 6.10 Å². The minimum absolute atomic E-state index is 0.162. The first-order chi connectivity index (χ1) is 25.1. The largest absolute Gasteiger partial charge is 0.480 e. The molecule has 0 radical (unpaired) electrons. The molecule has 0 aliphatic carbocycles. The highest BCUT2D eigenvalue weighted by atomic mass is 31.2. The fourth-order valence-electron chi connectivity index (χ4n) is 5.45. The lowest BCUT2D eigenvalue weighted by Crippen LogP contribution is -2.34. The van der Waals surface area contributed by atoms with E-state index in [0.29, 0.717) is 12.8 Å². The summed E-state index contributed by atoms with van der Waals surface area (Å²) >= 11 is 0. The summed E-state index contributed by atoms with van der Waals surface area (Å²) in [6.07, 6.45) is 35.2. The van der Waals surface area contributed by atoms with Crippen molar-refractivity contribution in [3.63, 3.8) is 0 Å². The van der Waals surface area contributed by atoms with Crippen LogP contribution < -0.4 is 5.73 Å². The average Bonchev–Trinajstić information content (AvgIpc) is 3.12. The third kappa shape index (κ3) is 35.0. The Balaban J connectivity index is 4.41. The lowest BCUT2D eigenvalue weighted by molar-refractivity contribution is -0.161. The standard InChI is InChI=1S/C40H74NO10P/c1-3-5-7-9-11-13-15-17-18-20-21-23-25-27-29-31-38(42)48-33-36(34-49-52(46,47)50-35-37(41)40(44)45)51-39(43)32-30-28-26-24-22-19-16-14-12-10-8-6-4-2/h11,13,17-18,36-37H,3-10,12,14-16,19-35,41H2,1-2H3,(H,44,45)(H,46,47)/b13-11+,18-17+/t36-,37+/m1/s1. The van der Waals surface area contributed by atoms with Crippen molar-refractivity contribution in [1.82, 2.24) is 0 Å².